The van der Waals surface area contributed by atoms with Gasteiger partial charge in [0.15, 0.2) is 0 Å². The predicted molar refractivity (Wildman–Crippen MR) is 96.9 cm³/mol. The molecule has 0 aliphatic carbocycles. The third-order valence-corrected chi connectivity index (χ3v) is 5.17. The maximum Gasteiger partial charge on any atom is 0.108 e. The van der Waals surface area contributed by atoms with Crippen molar-refractivity contribution in [3.63, 3.8) is 0 Å². The van der Waals surface area contributed by atoms with Crippen LogP contribution in [0.4, 0.5) is 4.39 Å². The summed E-state index contributed by atoms with van der Waals surface area (Å²) in [5.41, 5.74) is 2.60. The lowest BCUT2D eigenvalue weighted by atomic mass is 9.87. The van der Waals surface area contributed by atoms with Crippen molar-refractivity contribution >= 4 is 0 Å². The van der Waals surface area contributed by atoms with Crippen molar-refractivity contribution in [1.82, 2.24) is 0 Å². The Hall–Kier alpha value is -1.67. The van der Waals surface area contributed by atoms with Crippen LogP contribution >= 0.6 is 0 Å². The van der Waals surface area contributed by atoms with Crippen molar-refractivity contribution in [3.05, 3.63) is 71.8 Å². The van der Waals surface area contributed by atoms with Gasteiger partial charge in [0.1, 0.15) is 6.17 Å². The number of alkyl halides is 1. The molecule has 2 aromatic rings. The van der Waals surface area contributed by atoms with Crippen LogP contribution in [0.3, 0.4) is 0 Å². The minimum atomic E-state index is -0.750. The Kier molecular flexibility index (Phi) is 6.03. The molecule has 24 heavy (non-hydrogen) atoms. The molecule has 0 bridgehead atoms. The van der Waals surface area contributed by atoms with Gasteiger partial charge >= 0.3 is 0 Å². The molecule has 1 fully saturated rings. The van der Waals surface area contributed by atoms with E-state index >= 15 is 0 Å². The molecule has 0 amide bonds. The molecule has 0 saturated carbocycles. The monoisotopic (exact) mass is 326 g/mol. The molecule has 0 aromatic heterocycles. The van der Waals surface area contributed by atoms with Crippen molar-refractivity contribution < 1.29 is 9.13 Å². The summed E-state index contributed by atoms with van der Waals surface area (Å²) >= 11 is 0. The van der Waals surface area contributed by atoms with Crippen molar-refractivity contribution in [2.75, 3.05) is 0 Å². The molecule has 2 heteroatoms. The third kappa shape index (κ3) is 4.67. The van der Waals surface area contributed by atoms with E-state index in [-0.39, 0.29) is 18.1 Å². The highest BCUT2D eigenvalue weighted by Crippen LogP contribution is 2.32. The van der Waals surface area contributed by atoms with Gasteiger partial charge in [0, 0.05) is 12.3 Å². The first-order chi connectivity index (χ1) is 11.7. The van der Waals surface area contributed by atoms with Crippen molar-refractivity contribution in [2.45, 2.75) is 57.4 Å². The zero-order chi connectivity index (χ0) is 16.8. The van der Waals surface area contributed by atoms with Crippen LogP contribution in [0, 0.1) is 5.92 Å². The Morgan fingerprint density at radius 2 is 1.42 bits per heavy atom. The molecule has 0 radical (unpaired) electrons. The molecular weight excluding hydrogens is 299 g/mol. The Bertz CT molecular complexity index is 598. The number of ether oxygens (including phenoxy) is 1. The second-order valence-electron chi connectivity index (χ2n) is 6.96. The molecule has 1 heterocycles. The minimum Gasteiger partial charge on any atom is -0.374 e. The average molecular weight is 326 g/mol. The van der Waals surface area contributed by atoms with Gasteiger partial charge in [0.2, 0.25) is 0 Å². The molecule has 128 valence electrons. The standard InChI is InChI=1S/C22H27FO/c1-17-21(23)16-20(14-12-18-8-4-2-5-9-18)24-22(17)15-13-19-10-6-3-7-11-19/h2-11,17,20-22H,12-16H2,1H3/t17-,20-,21+,22+/m1/s1. The summed E-state index contributed by atoms with van der Waals surface area (Å²) < 4.78 is 20.7. The number of hydrogen-bond donors (Lipinski definition) is 0. The average Bonchev–Trinajstić information content (AvgIpc) is 2.63. The highest BCUT2D eigenvalue weighted by atomic mass is 19.1. The van der Waals surface area contributed by atoms with E-state index in [2.05, 4.69) is 48.5 Å². The summed E-state index contributed by atoms with van der Waals surface area (Å²) in [4.78, 5) is 0. The van der Waals surface area contributed by atoms with Crippen LogP contribution in [-0.4, -0.2) is 18.4 Å². The van der Waals surface area contributed by atoms with Gasteiger partial charge in [-0.25, -0.2) is 4.39 Å². The smallest absolute Gasteiger partial charge is 0.108 e. The van der Waals surface area contributed by atoms with E-state index in [9.17, 15) is 4.39 Å². The van der Waals surface area contributed by atoms with Gasteiger partial charge < -0.3 is 4.74 Å². The molecule has 1 aliphatic rings. The van der Waals surface area contributed by atoms with Gasteiger partial charge in [-0.3, -0.25) is 0 Å². The van der Waals surface area contributed by atoms with Crippen LogP contribution in [0.2, 0.25) is 0 Å². The van der Waals surface area contributed by atoms with Gasteiger partial charge in [0.05, 0.1) is 12.2 Å². The minimum absolute atomic E-state index is 0.0123. The number of benzene rings is 2. The zero-order valence-electron chi connectivity index (χ0n) is 14.4. The molecule has 1 saturated heterocycles. The fourth-order valence-corrected chi connectivity index (χ4v) is 3.57. The van der Waals surface area contributed by atoms with Crippen LogP contribution in [-0.2, 0) is 17.6 Å². The number of halogens is 1. The van der Waals surface area contributed by atoms with Crippen molar-refractivity contribution in [3.8, 4) is 0 Å². The lowest BCUT2D eigenvalue weighted by Gasteiger charge is -2.37. The fraction of sp³-hybridized carbons (Fsp3) is 0.455. The zero-order valence-corrected chi connectivity index (χ0v) is 14.4. The summed E-state index contributed by atoms with van der Waals surface area (Å²) in [5.74, 6) is -0.0123. The number of aryl methyl sites for hydroxylation is 2. The first-order valence-corrected chi connectivity index (χ1v) is 9.10. The van der Waals surface area contributed by atoms with E-state index in [1.807, 2.05) is 19.1 Å². The van der Waals surface area contributed by atoms with Crippen LogP contribution in [0.15, 0.2) is 60.7 Å². The highest BCUT2D eigenvalue weighted by Gasteiger charge is 2.35. The van der Waals surface area contributed by atoms with E-state index < -0.39 is 6.17 Å². The molecule has 1 aliphatic heterocycles. The fourth-order valence-electron chi connectivity index (χ4n) is 3.57. The molecule has 0 N–H and O–H groups in total. The summed E-state index contributed by atoms with van der Waals surface area (Å²) in [7, 11) is 0. The Labute approximate surface area is 144 Å². The third-order valence-electron chi connectivity index (χ3n) is 5.17. The van der Waals surface area contributed by atoms with Gasteiger partial charge in [-0.15, -0.1) is 0 Å². The van der Waals surface area contributed by atoms with Gasteiger partial charge in [0.25, 0.3) is 0 Å². The molecule has 0 spiro atoms. The van der Waals surface area contributed by atoms with E-state index in [0.29, 0.717) is 6.42 Å². The quantitative estimate of drug-likeness (QED) is 0.692. The summed E-state index contributed by atoms with van der Waals surface area (Å²) in [6.45, 7) is 1.99. The molecular formula is C22H27FO. The summed E-state index contributed by atoms with van der Waals surface area (Å²) in [6, 6.07) is 20.8. The van der Waals surface area contributed by atoms with Gasteiger partial charge in [-0.05, 0) is 36.8 Å². The topological polar surface area (TPSA) is 9.23 Å². The summed E-state index contributed by atoms with van der Waals surface area (Å²) in [6.07, 6.45) is 3.56. The Morgan fingerprint density at radius 1 is 0.875 bits per heavy atom. The molecule has 4 atom stereocenters. The maximum absolute atomic E-state index is 14.4. The van der Waals surface area contributed by atoms with E-state index in [0.717, 1.165) is 25.7 Å². The van der Waals surface area contributed by atoms with Gasteiger partial charge in [-0.2, -0.15) is 0 Å². The lowest BCUT2D eigenvalue weighted by Crippen LogP contribution is -2.41. The molecule has 1 nitrogen and oxygen atoms in total. The Balaban J connectivity index is 1.53. The van der Waals surface area contributed by atoms with Crippen LogP contribution in [0.5, 0.6) is 0 Å². The van der Waals surface area contributed by atoms with Gasteiger partial charge in [-0.1, -0.05) is 67.6 Å². The maximum atomic E-state index is 14.4. The molecule has 2 aromatic carbocycles. The van der Waals surface area contributed by atoms with E-state index in [4.69, 9.17) is 4.74 Å². The van der Waals surface area contributed by atoms with Crippen LogP contribution in [0.25, 0.3) is 0 Å². The first-order valence-electron chi connectivity index (χ1n) is 9.10. The van der Waals surface area contributed by atoms with Crippen molar-refractivity contribution in [2.24, 2.45) is 5.92 Å². The predicted octanol–water partition coefficient (Wildman–Crippen LogP) is 5.38. The molecule has 0 unspecified atom stereocenters. The second kappa shape index (κ2) is 8.43. The van der Waals surface area contributed by atoms with Crippen LogP contribution < -0.4 is 0 Å². The number of hydrogen-bond acceptors (Lipinski definition) is 1. The largest absolute Gasteiger partial charge is 0.374 e. The second-order valence-corrected chi connectivity index (χ2v) is 6.96. The van der Waals surface area contributed by atoms with E-state index in [1.54, 1.807) is 0 Å². The lowest BCUT2D eigenvalue weighted by molar-refractivity contribution is -0.115. The van der Waals surface area contributed by atoms with Crippen molar-refractivity contribution in [1.29, 1.82) is 0 Å². The highest BCUT2D eigenvalue weighted by molar-refractivity contribution is 5.15. The SMILES string of the molecule is C[C@H]1[C@H](CCc2ccccc2)O[C@H](CCc2ccccc2)C[C@@H]1F. The van der Waals surface area contributed by atoms with E-state index in [1.165, 1.54) is 11.1 Å². The first kappa shape index (κ1) is 17.2. The van der Waals surface area contributed by atoms with Crippen LogP contribution in [0.1, 0.15) is 37.3 Å². The molecule has 3 rings (SSSR count). The number of rotatable bonds is 6. The Morgan fingerprint density at radius 3 is 2.00 bits per heavy atom. The normalized spacial score (nSPS) is 27.1. The summed E-state index contributed by atoms with van der Waals surface area (Å²) in [5, 5.41) is 0.